The smallest absolute Gasteiger partial charge is 0.266 e. The van der Waals surface area contributed by atoms with E-state index in [1.54, 1.807) is 29.8 Å². The van der Waals surface area contributed by atoms with Crippen LogP contribution in [0.25, 0.3) is 11.3 Å². The van der Waals surface area contributed by atoms with Crippen LogP contribution in [-0.4, -0.2) is 56.4 Å². The summed E-state index contributed by atoms with van der Waals surface area (Å²) in [5, 5.41) is 5.76. The number of amides is 1. The van der Waals surface area contributed by atoms with Crippen LogP contribution in [0.4, 0.5) is 10.2 Å². The van der Waals surface area contributed by atoms with E-state index in [-0.39, 0.29) is 17.3 Å². The first-order chi connectivity index (χ1) is 15.8. The molecule has 0 spiro atoms. The zero-order valence-corrected chi connectivity index (χ0v) is 19.9. The standard InChI is InChI=1S/C24H25FN6OS/c1-5-33-22-19-20(30-14-24(2,3)27-23(30)29(4)21(19)32)28-31(22)13-15-6-8-16(9-7-15)18-11-10-17(25)12-26-18/h6-12H,5,13-14H2,1-4H3. The van der Waals surface area contributed by atoms with Crippen molar-refractivity contribution in [1.29, 1.82) is 0 Å². The Morgan fingerprint density at radius 2 is 1.91 bits per heavy atom. The predicted molar refractivity (Wildman–Crippen MR) is 128 cm³/mol. The van der Waals surface area contributed by atoms with Crippen molar-refractivity contribution in [3.8, 4) is 11.3 Å². The van der Waals surface area contributed by atoms with Gasteiger partial charge in [0.1, 0.15) is 16.4 Å². The van der Waals surface area contributed by atoms with E-state index in [2.05, 4.69) is 30.7 Å². The van der Waals surface area contributed by atoms with Crippen molar-refractivity contribution >= 4 is 29.4 Å². The van der Waals surface area contributed by atoms with Crippen LogP contribution >= 0.6 is 11.8 Å². The molecule has 2 aliphatic heterocycles. The highest BCUT2D eigenvalue weighted by Gasteiger charge is 2.44. The first-order valence-corrected chi connectivity index (χ1v) is 11.9. The van der Waals surface area contributed by atoms with Gasteiger partial charge in [-0.3, -0.25) is 24.3 Å². The number of rotatable bonds is 5. The van der Waals surface area contributed by atoms with E-state index in [9.17, 15) is 9.18 Å². The number of hydrogen-bond donors (Lipinski definition) is 0. The molecule has 0 saturated heterocycles. The number of anilines is 1. The highest BCUT2D eigenvalue weighted by molar-refractivity contribution is 7.99. The van der Waals surface area contributed by atoms with Crippen molar-refractivity contribution in [2.75, 3.05) is 24.2 Å². The van der Waals surface area contributed by atoms with Crippen molar-refractivity contribution in [3.05, 3.63) is 59.5 Å². The van der Waals surface area contributed by atoms with E-state index in [1.165, 1.54) is 12.3 Å². The van der Waals surface area contributed by atoms with Crippen LogP contribution in [0.5, 0.6) is 0 Å². The summed E-state index contributed by atoms with van der Waals surface area (Å²) in [5.74, 6) is 1.75. The molecule has 0 unspecified atom stereocenters. The number of pyridine rings is 1. The molecule has 0 saturated carbocycles. The average molecular weight is 465 g/mol. The Balaban J connectivity index is 1.49. The number of aliphatic imine (C=N–C) groups is 1. The fraction of sp³-hybridized carbons (Fsp3) is 0.333. The topological polar surface area (TPSA) is 66.6 Å². The number of nitrogens with zero attached hydrogens (tertiary/aromatic N) is 6. The summed E-state index contributed by atoms with van der Waals surface area (Å²) in [7, 11) is 1.78. The van der Waals surface area contributed by atoms with E-state index in [1.807, 2.05) is 28.9 Å². The number of carbonyl (C=O) groups excluding carboxylic acids is 1. The minimum Gasteiger partial charge on any atom is -0.292 e. The molecule has 7 nitrogen and oxygen atoms in total. The molecular formula is C24H25FN6OS. The van der Waals surface area contributed by atoms with Crippen LogP contribution in [-0.2, 0) is 6.54 Å². The SMILES string of the molecule is CCSc1c2c(nn1Cc1ccc(-c3ccc(F)cn3)cc1)N1CC(C)(C)N=C1N(C)C2=O. The van der Waals surface area contributed by atoms with E-state index in [0.29, 0.717) is 30.4 Å². The minimum atomic E-state index is -0.353. The predicted octanol–water partition coefficient (Wildman–Crippen LogP) is 4.28. The third-order valence-electron chi connectivity index (χ3n) is 5.74. The zero-order chi connectivity index (χ0) is 23.3. The molecule has 0 atom stereocenters. The molecular weight excluding hydrogens is 439 g/mol. The van der Waals surface area contributed by atoms with Gasteiger partial charge in [0.05, 0.1) is 30.5 Å². The Kier molecular flexibility index (Phi) is 5.23. The monoisotopic (exact) mass is 464 g/mol. The molecule has 0 radical (unpaired) electrons. The molecule has 5 rings (SSSR count). The Bertz CT molecular complexity index is 1250. The summed E-state index contributed by atoms with van der Waals surface area (Å²) in [5.41, 5.74) is 3.05. The lowest BCUT2D eigenvalue weighted by molar-refractivity contribution is 0.0862. The Labute approximate surface area is 196 Å². The number of guanidine groups is 1. The first-order valence-electron chi connectivity index (χ1n) is 10.9. The number of hydrogen-bond acceptors (Lipinski definition) is 6. The number of fused-ring (bicyclic) bond motifs is 3. The highest BCUT2D eigenvalue weighted by atomic mass is 32.2. The average Bonchev–Trinajstić information content (AvgIpc) is 3.31. The molecule has 9 heteroatoms. The number of thioether (sulfide) groups is 1. The highest BCUT2D eigenvalue weighted by Crippen LogP contribution is 2.39. The molecule has 33 heavy (non-hydrogen) atoms. The first kappa shape index (κ1) is 21.6. The Hall–Kier alpha value is -3.20. The summed E-state index contributed by atoms with van der Waals surface area (Å²) in [4.78, 5) is 25.9. The number of carbonyl (C=O) groups is 1. The van der Waals surface area contributed by atoms with Gasteiger partial charge < -0.3 is 0 Å². The summed E-state index contributed by atoms with van der Waals surface area (Å²) in [6.45, 7) is 7.41. The maximum Gasteiger partial charge on any atom is 0.266 e. The van der Waals surface area contributed by atoms with E-state index in [0.717, 1.165) is 27.6 Å². The van der Waals surface area contributed by atoms with Gasteiger partial charge in [-0.05, 0) is 37.3 Å². The molecule has 1 aromatic carbocycles. The van der Waals surface area contributed by atoms with E-state index in [4.69, 9.17) is 10.1 Å². The molecule has 0 aliphatic carbocycles. The van der Waals surface area contributed by atoms with E-state index >= 15 is 0 Å². The van der Waals surface area contributed by atoms with Crippen molar-refractivity contribution in [1.82, 2.24) is 19.7 Å². The molecule has 0 fully saturated rings. The lowest BCUT2D eigenvalue weighted by Crippen LogP contribution is -2.48. The molecule has 4 heterocycles. The second-order valence-electron chi connectivity index (χ2n) is 8.83. The molecule has 170 valence electrons. The van der Waals surface area contributed by atoms with Gasteiger partial charge in [-0.1, -0.05) is 31.2 Å². The fourth-order valence-electron chi connectivity index (χ4n) is 4.21. The minimum absolute atomic E-state index is 0.0716. The van der Waals surface area contributed by atoms with Gasteiger partial charge in [0.15, 0.2) is 5.82 Å². The summed E-state index contributed by atoms with van der Waals surface area (Å²) < 4.78 is 15.1. The van der Waals surface area contributed by atoms with Gasteiger partial charge in [-0.2, -0.15) is 5.10 Å². The second kappa shape index (κ2) is 7.98. The van der Waals surface area contributed by atoms with Crippen LogP contribution in [0.3, 0.4) is 0 Å². The Morgan fingerprint density at radius 3 is 2.58 bits per heavy atom. The fourth-order valence-corrected chi connectivity index (χ4v) is 5.06. The van der Waals surface area contributed by atoms with Crippen molar-refractivity contribution in [2.45, 2.75) is 37.9 Å². The third kappa shape index (κ3) is 3.80. The molecule has 0 bridgehead atoms. The number of aromatic nitrogens is 3. The summed E-state index contributed by atoms with van der Waals surface area (Å²) in [6, 6.07) is 11.0. The summed E-state index contributed by atoms with van der Waals surface area (Å²) in [6.07, 6.45) is 1.22. The summed E-state index contributed by atoms with van der Waals surface area (Å²) >= 11 is 1.62. The molecule has 3 aromatic rings. The van der Waals surface area contributed by atoms with Crippen molar-refractivity contribution in [2.24, 2.45) is 4.99 Å². The normalized spacial score (nSPS) is 16.6. The van der Waals surface area contributed by atoms with Crippen LogP contribution in [0.2, 0.25) is 0 Å². The maximum atomic E-state index is 13.3. The maximum absolute atomic E-state index is 13.3. The van der Waals surface area contributed by atoms with Crippen molar-refractivity contribution < 1.29 is 9.18 Å². The Morgan fingerprint density at radius 1 is 1.15 bits per heavy atom. The molecule has 0 N–H and O–H groups in total. The molecule has 2 aromatic heterocycles. The van der Waals surface area contributed by atoms with Gasteiger partial charge in [0, 0.05) is 12.6 Å². The number of halogens is 1. The van der Waals surface area contributed by atoms with Gasteiger partial charge in [-0.15, -0.1) is 11.8 Å². The van der Waals surface area contributed by atoms with Crippen molar-refractivity contribution in [3.63, 3.8) is 0 Å². The van der Waals surface area contributed by atoms with E-state index < -0.39 is 0 Å². The van der Waals surface area contributed by atoms with Crippen LogP contribution in [0.15, 0.2) is 52.6 Å². The van der Waals surface area contributed by atoms with Gasteiger partial charge in [0.25, 0.3) is 5.91 Å². The van der Waals surface area contributed by atoms with Crippen LogP contribution in [0, 0.1) is 5.82 Å². The quantitative estimate of drug-likeness (QED) is 0.527. The molecule has 1 amide bonds. The number of benzene rings is 1. The van der Waals surface area contributed by atoms with Crippen LogP contribution in [0.1, 0.15) is 36.7 Å². The van der Waals surface area contributed by atoms with Gasteiger partial charge in [-0.25, -0.2) is 9.38 Å². The third-order valence-corrected chi connectivity index (χ3v) is 6.72. The van der Waals surface area contributed by atoms with Crippen LogP contribution < -0.4 is 4.90 Å². The largest absolute Gasteiger partial charge is 0.292 e. The second-order valence-corrected chi connectivity index (χ2v) is 10.1. The molecule has 2 aliphatic rings. The lowest BCUT2D eigenvalue weighted by Gasteiger charge is -2.30. The zero-order valence-electron chi connectivity index (χ0n) is 19.0. The lowest BCUT2D eigenvalue weighted by atomic mass is 10.1. The van der Waals surface area contributed by atoms with Gasteiger partial charge in [0.2, 0.25) is 5.96 Å². The van der Waals surface area contributed by atoms with Gasteiger partial charge >= 0.3 is 0 Å².